The lowest BCUT2D eigenvalue weighted by molar-refractivity contribution is 0.102. The van der Waals surface area contributed by atoms with Crippen molar-refractivity contribution in [3.8, 4) is 0 Å². The molecule has 2 saturated carbocycles. The zero-order valence-corrected chi connectivity index (χ0v) is 17.4. The Morgan fingerprint density at radius 1 is 1.13 bits per heavy atom. The van der Waals surface area contributed by atoms with Gasteiger partial charge in [0.25, 0.3) is 5.91 Å². The Balaban J connectivity index is 1.47. The zero-order chi connectivity index (χ0) is 21.4. The lowest BCUT2D eigenvalue weighted by Gasteiger charge is -2.28. The molecule has 3 aromatic heterocycles. The van der Waals surface area contributed by atoms with E-state index in [1.807, 2.05) is 6.07 Å². The van der Waals surface area contributed by atoms with Crippen LogP contribution >= 0.6 is 0 Å². The van der Waals surface area contributed by atoms with Crippen LogP contribution in [0.25, 0.3) is 5.65 Å². The molecule has 8 nitrogen and oxygen atoms in total. The lowest BCUT2D eigenvalue weighted by atomic mass is 9.87. The van der Waals surface area contributed by atoms with Crippen LogP contribution in [0.1, 0.15) is 55.9 Å². The molecule has 0 bridgehead atoms. The van der Waals surface area contributed by atoms with Crippen molar-refractivity contribution >= 4 is 28.7 Å². The van der Waals surface area contributed by atoms with E-state index >= 15 is 0 Å². The monoisotopic (exact) mass is 423 g/mol. The molecule has 0 saturated heterocycles. The van der Waals surface area contributed by atoms with Crippen LogP contribution in [0, 0.1) is 11.7 Å². The number of pyridine rings is 1. The molecule has 5 rings (SSSR count). The number of fused-ring (bicyclic) bond motifs is 1. The molecule has 0 radical (unpaired) electrons. The summed E-state index contributed by atoms with van der Waals surface area (Å²) in [7, 11) is 0. The summed E-state index contributed by atoms with van der Waals surface area (Å²) in [6.45, 7) is 2.28. The average Bonchev–Trinajstić information content (AvgIpc) is 3.45. The van der Waals surface area contributed by atoms with Gasteiger partial charge < -0.3 is 16.0 Å². The molecular formula is C22H26FN7O. The molecule has 3 heterocycles. The van der Waals surface area contributed by atoms with E-state index in [1.54, 1.807) is 0 Å². The highest BCUT2D eigenvalue weighted by molar-refractivity contribution is 6.03. The predicted octanol–water partition coefficient (Wildman–Crippen LogP) is 4.08. The Kier molecular flexibility index (Phi) is 5.17. The van der Waals surface area contributed by atoms with Gasteiger partial charge in [-0.05, 0) is 37.7 Å². The van der Waals surface area contributed by atoms with Gasteiger partial charge in [-0.3, -0.25) is 9.78 Å². The first kappa shape index (κ1) is 19.7. The molecule has 162 valence electrons. The number of carbonyl (C=O) groups is 1. The summed E-state index contributed by atoms with van der Waals surface area (Å²) in [6, 6.07) is 4.17. The molecule has 3 N–H and O–H groups in total. The molecule has 2 fully saturated rings. The third-order valence-electron chi connectivity index (χ3n) is 5.95. The van der Waals surface area contributed by atoms with Crippen LogP contribution in [0.4, 0.5) is 21.6 Å². The smallest absolute Gasteiger partial charge is 0.276 e. The fourth-order valence-electron chi connectivity index (χ4n) is 4.18. The number of hydrogen-bond acceptors (Lipinski definition) is 6. The van der Waals surface area contributed by atoms with Gasteiger partial charge in [0.05, 0.1) is 23.8 Å². The van der Waals surface area contributed by atoms with E-state index in [0.29, 0.717) is 29.5 Å². The molecule has 2 aliphatic rings. The molecule has 0 aromatic carbocycles. The molecule has 31 heavy (non-hydrogen) atoms. The third kappa shape index (κ3) is 4.30. The maximum Gasteiger partial charge on any atom is 0.276 e. The lowest BCUT2D eigenvalue weighted by Crippen LogP contribution is -2.27. The Morgan fingerprint density at radius 2 is 2.00 bits per heavy atom. The van der Waals surface area contributed by atoms with Gasteiger partial charge in [0.1, 0.15) is 5.82 Å². The van der Waals surface area contributed by atoms with Gasteiger partial charge in [-0.1, -0.05) is 19.8 Å². The van der Waals surface area contributed by atoms with Crippen LogP contribution in [-0.4, -0.2) is 37.6 Å². The SMILES string of the molecule is CC1CCCC(Nc2cc(NC3CC3)c3ncc(C(=O)Nc4ccncc4F)n3n2)C1. The summed E-state index contributed by atoms with van der Waals surface area (Å²) in [6.07, 6.45) is 10.9. The molecular weight excluding hydrogens is 397 g/mol. The van der Waals surface area contributed by atoms with Gasteiger partial charge >= 0.3 is 0 Å². The fraction of sp³-hybridized carbons (Fsp3) is 0.455. The first-order valence-electron chi connectivity index (χ1n) is 10.9. The molecule has 0 aliphatic heterocycles. The second kappa shape index (κ2) is 8.13. The number of hydrogen-bond donors (Lipinski definition) is 3. The number of carbonyl (C=O) groups excluding carboxylic acids is 1. The normalized spacial score (nSPS) is 21.1. The molecule has 2 unspecified atom stereocenters. The highest BCUT2D eigenvalue weighted by atomic mass is 19.1. The maximum absolute atomic E-state index is 13.9. The van der Waals surface area contributed by atoms with Crippen molar-refractivity contribution in [1.29, 1.82) is 0 Å². The van der Waals surface area contributed by atoms with E-state index in [0.717, 1.165) is 37.6 Å². The minimum absolute atomic E-state index is 0.0664. The van der Waals surface area contributed by atoms with E-state index in [4.69, 9.17) is 0 Å². The second-order valence-corrected chi connectivity index (χ2v) is 8.66. The fourth-order valence-corrected chi connectivity index (χ4v) is 4.18. The highest BCUT2D eigenvalue weighted by Crippen LogP contribution is 2.30. The summed E-state index contributed by atoms with van der Waals surface area (Å²) in [5.41, 5.74) is 1.73. The van der Waals surface area contributed by atoms with Crippen LogP contribution in [-0.2, 0) is 0 Å². The second-order valence-electron chi connectivity index (χ2n) is 8.66. The van der Waals surface area contributed by atoms with Crippen LogP contribution in [0.2, 0.25) is 0 Å². The predicted molar refractivity (Wildman–Crippen MR) is 117 cm³/mol. The third-order valence-corrected chi connectivity index (χ3v) is 5.95. The van der Waals surface area contributed by atoms with E-state index in [2.05, 4.69) is 37.9 Å². The first-order chi connectivity index (χ1) is 15.1. The molecule has 3 aromatic rings. The van der Waals surface area contributed by atoms with Gasteiger partial charge in [0.15, 0.2) is 17.2 Å². The number of rotatable bonds is 6. The highest BCUT2D eigenvalue weighted by Gasteiger charge is 2.25. The van der Waals surface area contributed by atoms with E-state index < -0.39 is 11.7 Å². The zero-order valence-electron chi connectivity index (χ0n) is 17.4. The molecule has 9 heteroatoms. The van der Waals surface area contributed by atoms with E-state index in [1.165, 1.54) is 35.8 Å². The average molecular weight is 423 g/mol. The quantitative estimate of drug-likeness (QED) is 0.553. The first-order valence-corrected chi connectivity index (χ1v) is 10.9. The number of imidazole rings is 1. The van der Waals surface area contributed by atoms with Gasteiger partial charge in [-0.15, -0.1) is 5.10 Å². The molecule has 2 aliphatic carbocycles. The van der Waals surface area contributed by atoms with Crippen LogP contribution in [0.3, 0.4) is 0 Å². The van der Waals surface area contributed by atoms with Crippen molar-refractivity contribution in [3.05, 3.63) is 42.2 Å². The van der Waals surface area contributed by atoms with Crippen molar-refractivity contribution in [2.45, 2.75) is 57.5 Å². The Hall–Kier alpha value is -3.23. The minimum atomic E-state index is -0.595. The number of nitrogens with zero attached hydrogens (tertiary/aromatic N) is 4. The Morgan fingerprint density at radius 3 is 2.77 bits per heavy atom. The van der Waals surface area contributed by atoms with Crippen molar-refractivity contribution in [1.82, 2.24) is 19.6 Å². The van der Waals surface area contributed by atoms with E-state index in [9.17, 15) is 9.18 Å². The standard InChI is InChI=1S/C22H26FN7O/c1-13-3-2-4-15(9-13)27-20-10-18(26-14-5-6-14)21-25-12-19(30(21)29-20)22(31)28-17-7-8-24-11-16(17)23/h7-8,10-15,26H,2-6,9H2,1H3,(H,27,29)(H,24,28,31). The number of nitrogens with one attached hydrogen (secondary N) is 3. The molecule has 1 amide bonds. The topological polar surface area (TPSA) is 96.2 Å². The van der Waals surface area contributed by atoms with Crippen LogP contribution in [0.5, 0.6) is 0 Å². The summed E-state index contributed by atoms with van der Waals surface area (Å²) < 4.78 is 15.5. The number of halogens is 1. The van der Waals surface area contributed by atoms with Crippen molar-refractivity contribution in [3.63, 3.8) is 0 Å². The van der Waals surface area contributed by atoms with Crippen molar-refractivity contribution in [2.75, 3.05) is 16.0 Å². The number of amides is 1. The Labute approximate surface area is 179 Å². The maximum atomic E-state index is 13.9. The number of aromatic nitrogens is 4. The summed E-state index contributed by atoms with van der Waals surface area (Å²) in [5, 5.41) is 14.3. The van der Waals surface area contributed by atoms with Crippen molar-refractivity contribution < 1.29 is 9.18 Å². The summed E-state index contributed by atoms with van der Waals surface area (Å²) in [4.78, 5) is 21.0. The molecule has 2 atom stereocenters. The van der Waals surface area contributed by atoms with Gasteiger partial charge in [0, 0.05) is 24.3 Å². The summed E-state index contributed by atoms with van der Waals surface area (Å²) in [5.74, 6) is 0.314. The van der Waals surface area contributed by atoms with Gasteiger partial charge in [0.2, 0.25) is 0 Å². The number of anilines is 3. The van der Waals surface area contributed by atoms with E-state index in [-0.39, 0.29) is 11.4 Å². The van der Waals surface area contributed by atoms with Crippen LogP contribution < -0.4 is 16.0 Å². The van der Waals surface area contributed by atoms with Crippen molar-refractivity contribution in [2.24, 2.45) is 5.92 Å². The van der Waals surface area contributed by atoms with Gasteiger partial charge in [-0.2, -0.15) is 0 Å². The van der Waals surface area contributed by atoms with Crippen LogP contribution in [0.15, 0.2) is 30.7 Å². The largest absolute Gasteiger partial charge is 0.379 e. The summed E-state index contributed by atoms with van der Waals surface area (Å²) >= 11 is 0. The molecule has 0 spiro atoms. The van der Waals surface area contributed by atoms with Gasteiger partial charge in [-0.25, -0.2) is 13.9 Å². The Bertz CT molecular complexity index is 1110. The minimum Gasteiger partial charge on any atom is -0.379 e.